The first-order valence-corrected chi connectivity index (χ1v) is 6.33. The number of aromatic carboxylic acids is 1. The fraction of sp³-hybridized carbons (Fsp3) is 0. The van der Waals surface area contributed by atoms with Crippen molar-refractivity contribution < 1.29 is 19.6 Å². The van der Waals surface area contributed by atoms with E-state index in [4.69, 9.17) is 11.6 Å². The number of nitrogens with one attached hydrogen (secondary N) is 1. The summed E-state index contributed by atoms with van der Waals surface area (Å²) in [5.74, 6) is -2.09. The third kappa shape index (κ3) is 3.39. The van der Waals surface area contributed by atoms with Gasteiger partial charge in [-0.25, -0.2) is 0 Å². The lowest BCUT2D eigenvalue weighted by Crippen LogP contribution is -2.24. The van der Waals surface area contributed by atoms with Gasteiger partial charge in [-0.15, -0.1) is 0 Å². The van der Waals surface area contributed by atoms with Crippen LogP contribution >= 0.6 is 11.6 Å². The smallest absolute Gasteiger partial charge is 0.269 e. The number of rotatable bonds is 4. The lowest BCUT2D eigenvalue weighted by Gasteiger charge is -2.12. The Labute approximate surface area is 129 Å². The minimum atomic E-state index is -1.46. The van der Waals surface area contributed by atoms with Gasteiger partial charge in [0.15, 0.2) is 0 Å². The predicted molar refractivity (Wildman–Crippen MR) is 76.8 cm³/mol. The number of halogens is 1. The van der Waals surface area contributed by atoms with Gasteiger partial charge >= 0.3 is 0 Å². The van der Waals surface area contributed by atoms with E-state index in [1.54, 1.807) is 0 Å². The quantitative estimate of drug-likeness (QED) is 0.682. The van der Waals surface area contributed by atoms with Crippen LogP contribution in [0.2, 0.25) is 5.02 Å². The molecule has 0 fully saturated rings. The van der Waals surface area contributed by atoms with Gasteiger partial charge in [-0.3, -0.25) is 14.9 Å². The summed E-state index contributed by atoms with van der Waals surface area (Å²) in [6, 6.07) is 8.71. The molecule has 0 bridgehead atoms. The van der Waals surface area contributed by atoms with E-state index in [-0.39, 0.29) is 27.5 Å². The first-order valence-electron chi connectivity index (χ1n) is 5.95. The molecular formula is C14H8ClN2O5-. The van der Waals surface area contributed by atoms with Crippen LogP contribution in [-0.4, -0.2) is 16.8 Å². The molecule has 0 heterocycles. The third-order valence-corrected chi connectivity index (χ3v) is 3.03. The van der Waals surface area contributed by atoms with Crippen LogP contribution in [0.15, 0.2) is 42.5 Å². The van der Waals surface area contributed by atoms with Gasteiger partial charge in [-0.1, -0.05) is 11.6 Å². The van der Waals surface area contributed by atoms with Crippen LogP contribution in [0.4, 0.5) is 11.4 Å². The average Bonchev–Trinajstić information content (AvgIpc) is 2.47. The van der Waals surface area contributed by atoms with Crippen molar-refractivity contribution in [2.24, 2.45) is 0 Å². The van der Waals surface area contributed by atoms with Crippen molar-refractivity contribution in [3.8, 4) is 0 Å². The van der Waals surface area contributed by atoms with Gasteiger partial charge in [-0.2, -0.15) is 0 Å². The van der Waals surface area contributed by atoms with Gasteiger partial charge in [0.05, 0.1) is 16.6 Å². The zero-order valence-corrected chi connectivity index (χ0v) is 11.7. The van der Waals surface area contributed by atoms with Crippen LogP contribution in [0.5, 0.6) is 0 Å². The molecule has 0 aromatic heterocycles. The Kier molecular flexibility index (Phi) is 4.38. The molecule has 1 N–H and O–H groups in total. The SMILES string of the molecule is O=C(Nc1cc(Cl)ccc1C(=O)[O-])c1ccc([N+](=O)[O-])cc1. The number of carbonyl (C=O) groups excluding carboxylic acids is 2. The van der Waals surface area contributed by atoms with E-state index in [2.05, 4.69) is 5.32 Å². The van der Waals surface area contributed by atoms with E-state index in [0.29, 0.717) is 0 Å². The molecule has 0 aliphatic rings. The molecule has 0 atom stereocenters. The van der Waals surface area contributed by atoms with E-state index < -0.39 is 16.8 Å². The molecule has 2 aromatic rings. The monoisotopic (exact) mass is 319 g/mol. The Hall–Kier alpha value is -2.93. The highest BCUT2D eigenvalue weighted by Gasteiger charge is 2.12. The minimum Gasteiger partial charge on any atom is -0.545 e. The van der Waals surface area contributed by atoms with Crippen molar-refractivity contribution in [1.82, 2.24) is 0 Å². The number of carboxylic acids is 1. The number of carboxylic acid groups (broad SMARTS) is 1. The van der Waals surface area contributed by atoms with Crippen molar-refractivity contribution in [3.05, 3.63) is 68.7 Å². The average molecular weight is 320 g/mol. The number of nitro groups is 1. The van der Waals surface area contributed by atoms with E-state index >= 15 is 0 Å². The summed E-state index contributed by atoms with van der Waals surface area (Å²) in [5, 5.41) is 24.2. The molecule has 0 radical (unpaired) electrons. The molecule has 8 heteroatoms. The third-order valence-electron chi connectivity index (χ3n) is 2.79. The number of carbonyl (C=O) groups is 2. The second-order valence-electron chi connectivity index (χ2n) is 4.24. The maximum atomic E-state index is 12.0. The molecule has 0 saturated heterocycles. The van der Waals surface area contributed by atoms with Crippen LogP contribution in [0, 0.1) is 10.1 Å². The standard InChI is InChI=1S/C14H9ClN2O5/c15-9-3-6-11(14(19)20)12(7-9)16-13(18)8-1-4-10(5-2-8)17(21)22/h1-7H,(H,16,18)(H,19,20)/p-1. The van der Waals surface area contributed by atoms with Crippen molar-refractivity contribution in [2.45, 2.75) is 0 Å². The number of benzene rings is 2. The van der Waals surface area contributed by atoms with Crippen molar-refractivity contribution in [1.29, 1.82) is 0 Å². The molecule has 2 aromatic carbocycles. The van der Waals surface area contributed by atoms with Crippen LogP contribution < -0.4 is 10.4 Å². The molecule has 22 heavy (non-hydrogen) atoms. The minimum absolute atomic E-state index is 0.0177. The van der Waals surface area contributed by atoms with Crippen LogP contribution in [0.3, 0.4) is 0 Å². The number of non-ortho nitro benzene ring substituents is 1. The lowest BCUT2D eigenvalue weighted by atomic mass is 10.1. The fourth-order valence-electron chi connectivity index (χ4n) is 1.73. The Morgan fingerprint density at radius 2 is 1.73 bits per heavy atom. The van der Waals surface area contributed by atoms with Crippen molar-refractivity contribution in [2.75, 3.05) is 5.32 Å². The molecule has 7 nitrogen and oxygen atoms in total. The van der Waals surface area contributed by atoms with Gasteiger partial charge in [0.25, 0.3) is 11.6 Å². The molecule has 0 unspecified atom stereocenters. The van der Waals surface area contributed by atoms with E-state index in [0.717, 1.165) is 0 Å². The topological polar surface area (TPSA) is 112 Å². The maximum absolute atomic E-state index is 12.0. The highest BCUT2D eigenvalue weighted by atomic mass is 35.5. The normalized spacial score (nSPS) is 10.0. The van der Waals surface area contributed by atoms with E-state index in [9.17, 15) is 24.8 Å². The zero-order valence-electron chi connectivity index (χ0n) is 10.9. The van der Waals surface area contributed by atoms with Gasteiger partial charge in [0, 0.05) is 28.3 Å². The van der Waals surface area contributed by atoms with Gasteiger partial charge in [0.2, 0.25) is 0 Å². The summed E-state index contributed by atoms with van der Waals surface area (Å²) in [6.45, 7) is 0. The fourth-order valence-corrected chi connectivity index (χ4v) is 1.90. The van der Waals surface area contributed by atoms with Crippen LogP contribution in [-0.2, 0) is 0 Å². The number of nitro benzene ring substituents is 1. The summed E-state index contributed by atoms with van der Waals surface area (Å²) < 4.78 is 0. The molecular weight excluding hydrogens is 312 g/mol. The van der Waals surface area contributed by atoms with Crippen LogP contribution in [0.25, 0.3) is 0 Å². The molecule has 0 saturated carbocycles. The molecule has 112 valence electrons. The second-order valence-corrected chi connectivity index (χ2v) is 4.67. The maximum Gasteiger partial charge on any atom is 0.269 e. The van der Waals surface area contributed by atoms with E-state index in [1.165, 1.54) is 42.5 Å². The number of amides is 1. The van der Waals surface area contributed by atoms with Gasteiger partial charge in [0.1, 0.15) is 0 Å². The summed E-state index contributed by atoms with van der Waals surface area (Å²) >= 11 is 5.77. The summed E-state index contributed by atoms with van der Waals surface area (Å²) in [4.78, 5) is 33.0. The second kappa shape index (κ2) is 6.23. The number of hydrogen-bond donors (Lipinski definition) is 1. The molecule has 1 amide bonds. The molecule has 0 aliphatic carbocycles. The number of anilines is 1. The van der Waals surface area contributed by atoms with E-state index in [1.807, 2.05) is 0 Å². The summed E-state index contributed by atoms with van der Waals surface area (Å²) in [5.41, 5.74) is -0.264. The highest BCUT2D eigenvalue weighted by molar-refractivity contribution is 6.31. The molecule has 2 rings (SSSR count). The summed E-state index contributed by atoms with van der Waals surface area (Å²) in [7, 11) is 0. The Morgan fingerprint density at radius 3 is 2.27 bits per heavy atom. The van der Waals surface area contributed by atoms with Gasteiger partial charge in [-0.05, 0) is 30.3 Å². The van der Waals surface area contributed by atoms with Crippen molar-refractivity contribution in [3.63, 3.8) is 0 Å². The van der Waals surface area contributed by atoms with Crippen LogP contribution in [0.1, 0.15) is 20.7 Å². The van der Waals surface area contributed by atoms with Crippen molar-refractivity contribution >= 4 is 34.9 Å². The highest BCUT2D eigenvalue weighted by Crippen LogP contribution is 2.22. The predicted octanol–water partition coefficient (Wildman–Crippen LogP) is 1.86. The lowest BCUT2D eigenvalue weighted by molar-refractivity contribution is -0.384. The Balaban J connectivity index is 2.27. The summed E-state index contributed by atoms with van der Waals surface area (Å²) in [6.07, 6.45) is 0. The molecule has 0 aliphatic heterocycles. The number of hydrogen-bond acceptors (Lipinski definition) is 5. The number of nitrogens with zero attached hydrogens (tertiary/aromatic N) is 1. The molecule has 0 spiro atoms. The largest absolute Gasteiger partial charge is 0.545 e. The Bertz CT molecular complexity index is 758. The first-order chi connectivity index (χ1) is 10.4. The Morgan fingerprint density at radius 1 is 1.09 bits per heavy atom. The van der Waals surface area contributed by atoms with Gasteiger partial charge < -0.3 is 15.2 Å². The first kappa shape index (κ1) is 15.5. The zero-order chi connectivity index (χ0) is 16.3.